The number of carbonyl (C=O) groups is 2. The molecule has 0 unspecified atom stereocenters. The van der Waals surface area contributed by atoms with Crippen molar-refractivity contribution in [2.45, 2.75) is 13.8 Å². The number of hydrazine groups is 3. The second kappa shape index (κ2) is 9.54. The molecule has 0 aliphatic rings. The van der Waals surface area contributed by atoms with E-state index in [1.54, 1.807) is 0 Å². The lowest BCUT2D eigenvalue weighted by molar-refractivity contribution is -0.740. The van der Waals surface area contributed by atoms with Crippen LogP contribution in [0.2, 0.25) is 0 Å². The van der Waals surface area contributed by atoms with Crippen molar-refractivity contribution in [1.82, 2.24) is 15.0 Å². The van der Waals surface area contributed by atoms with E-state index < -0.39 is 53.8 Å². The smallest absolute Gasteiger partial charge is 0.304 e. The lowest BCUT2D eigenvalue weighted by atomic mass is 10.8. The Morgan fingerprint density at radius 2 is 1.04 bits per heavy atom. The van der Waals surface area contributed by atoms with Crippen molar-refractivity contribution in [2.75, 3.05) is 26.8 Å². The van der Waals surface area contributed by atoms with E-state index in [2.05, 4.69) is 9.47 Å². The van der Waals surface area contributed by atoms with Crippen LogP contribution in [0.1, 0.15) is 13.8 Å². The van der Waals surface area contributed by atoms with Crippen LogP contribution in [0.4, 0.5) is 0 Å². The van der Waals surface area contributed by atoms with Gasteiger partial charge in [0.05, 0.1) is 0 Å². The molecule has 0 aromatic carbocycles. The van der Waals surface area contributed by atoms with Crippen molar-refractivity contribution in [2.24, 2.45) is 0 Å². The van der Waals surface area contributed by atoms with Gasteiger partial charge >= 0.3 is 11.9 Å². The van der Waals surface area contributed by atoms with Crippen molar-refractivity contribution >= 4 is 11.9 Å². The highest BCUT2D eigenvalue weighted by molar-refractivity contribution is 5.66. The van der Waals surface area contributed by atoms with Gasteiger partial charge in [-0.25, -0.2) is 30.3 Å². The maximum absolute atomic E-state index is 10.9. The average Bonchev–Trinajstić information content (AvgIpc) is 2.43. The third kappa shape index (κ3) is 8.10. The summed E-state index contributed by atoms with van der Waals surface area (Å²) in [4.78, 5) is 53.8. The summed E-state index contributed by atoms with van der Waals surface area (Å²) < 4.78 is 8.71. The minimum Gasteiger partial charge on any atom is -0.439 e. The Balaban J connectivity index is 4.99. The van der Waals surface area contributed by atoms with Crippen LogP contribution >= 0.6 is 0 Å². The normalized spacial score (nSPS) is 9.58. The highest BCUT2D eigenvalue weighted by atomic mass is 16.7. The van der Waals surface area contributed by atoms with Gasteiger partial charge in [-0.2, -0.15) is 0 Å². The molecule has 0 fully saturated rings. The van der Waals surface area contributed by atoms with E-state index in [1.165, 1.54) is 0 Å². The van der Waals surface area contributed by atoms with Gasteiger partial charge in [0.1, 0.15) is 0 Å². The highest BCUT2D eigenvalue weighted by Crippen LogP contribution is 2.01. The van der Waals surface area contributed by atoms with E-state index in [-0.39, 0.29) is 15.0 Å². The lowest BCUT2D eigenvalue weighted by Crippen LogP contribution is -2.51. The van der Waals surface area contributed by atoms with Crippen molar-refractivity contribution in [3.8, 4) is 0 Å². The zero-order chi connectivity index (χ0) is 18.9. The first-order chi connectivity index (χ1) is 11.0. The molecule has 24 heavy (non-hydrogen) atoms. The van der Waals surface area contributed by atoms with Crippen molar-refractivity contribution in [3.05, 3.63) is 30.3 Å². The molecule has 0 atom stereocenters. The summed E-state index contributed by atoms with van der Waals surface area (Å²) in [6.45, 7) is -1.96. The second-order valence-corrected chi connectivity index (χ2v) is 4.05. The molecule has 0 saturated heterocycles. The van der Waals surface area contributed by atoms with Crippen molar-refractivity contribution in [3.63, 3.8) is 0 Å². The van der Waals surface area contributed by atoms with Crippen LogP contribution in [0.25, 0.3) is 0 Å². The maximum Gasteiger partial charge on any atom is 0.304 e. The molecule has 16 heteroatoms. The molecule has 0 spiro atoms. The van der Waals surface area contributed by atoms with E-state index >= 15 is 0 Å². The summed E-state index contributed by atoms with van der Waals surface area (Å²) in [6, 6.07) is 0. The van der Waals surface area contributed by atoms with Crippen LogP contribution in [0.3, 0.4) is 0 Å². The van der Waals surface area contributed by atoms with Gasteiger partial charge in [-0.05, 0) is 0 Å². The van der Waals surface area contributed by atoms with Crippen LogP contribution in [0.15, 0.2) is 0 Å². The molecule has 0 heterocycles. The van der Waals surface area contributed by atoms with Crippen LogP contribution in [0.5, 0.6) is 0 Å². The van der Waals surface area contributed by atoms with Crippen LogP contribution in [-0.4, -0.2) is 68.9 Å². The molecular formula is C8H14N6O10. The number of rotatable bonds is 11. The Morgan fingerprint density at radius 1 is 0.750 bits per heavy atom. The fourth-order valence-electron chi connectivity index (χ4n) is 1.13. The topological polar surface area (TPSA) is 192 Å². The quantitative estimate of drug-likeness (QED) is 0.179. The van der Waals surface area contributed by atoms with E-state index in [0.717, 1.165) is 13.8 Å². The fourth-order valence-corrected chi connectivity index (χ4v) is 1.13. The molecule has 0 radical (unpaired) electrons. The van der Waals surface area contributed by atoms with Crippen LogP contribution in [-0.2, 0) is 19.1 Å². The number of hydrogen-bond acceptors (Lipinski definition) is 10. The first-order valence-electron chi connectivity index (χ1n) is 5.99. The molecule has 0 rings (SSSR count). The number of nitro groups is 3. The van der Waals surface area contributed by atoms with Gasteiger partial charge in [0.25, 0.3) is 0 Å². The van der Waals surface area contributed by atoms with Gasteiger partial charge < -0.3 is 9.47 Å². The molecule has 0 amide bonds. The molecule has 0 aromatic heterocycles. The summed E-state index contributed by atoms with van der Waals surface area (Å²) in [7, 11) is 0. The van der Waals surface area contributed by atoms with Gasteiger partial charge in [0.2, 0.25) is 26.8 Å². The number of hydrogen-bond donors (Lipinski definition) is 0. The first kappa shape index (κ1) is 20.5. The van der Waals surface area contributed by atoms with Gasteiger partial charge in [-0.3, -0.25) is 9.59 Å². The number of esters is 2. The maximum atomic E-state index is 10.9. The second-order valence-electron chi connectivity index (χ2n) is 4.05. The van der Waals surface area contributed by atoms with Gasteiger partial charge in [-0.15, -0.1) is 0 Å². The van der Waals surface area contributed by atoms with E-state index in [1.807, 2.05) is 0 Å². The largest absolute Gasteiger partial charge is 0.439 e. The summed E-state index contributed by atoms with van der Waals surface area (Å²) >= 11 is 0. The molecular weight excluding hydrogens is 340 g/mol. The monoisotopic (exact) mass is 354 g/mol. The van der Waals surface area contributed by atoms with Crippen LogP contribution < -0.4 is 0 Å². The zero-order valence-corrected chi connectivity index (χ0v) is 12.6. The predicted octanol–water partition coefficient (Wildman–Crippen LogP) is -1.58. The third-order valence-electron chi connectivity index (χ3n) is 2.18. The van der Waals surface area contributed by atoms with Crippen molar-refractivity contribution in [1.29, 1.82) is 0 Å². The summed E-state index contributed by atoms with van der Waals surface area (Å²) in [5.74, 6) is -1.73. The molecule has 0 aliphatic heterocycles. The average molecular weight is 354 g/mol. The van der Waals surface area contributed by atoms with E-state index in [9.17, 15) is 39.9 Å². The number of nitrogens with zero attached hydrogens (tertiary/aromatic N) is 6. The summed E-state index contributed by atoms with van der Waals surface area (Å²) in [6.07, 6.45) is 0. The first-order valence-corrected chi connectivity index (χ1v) is 5.99. The molecule has 136 valence electrons. The SMILES string of the molecule is CC(=O)OCN(CN(CN(COC(C)=O)[N+](=O)[O-])[N+](=O)[O-])[N+](=O)[O-]. The van der Waals surface area contributed by atoms with Crippen LogP contribution in [0, 0.1) is 30.3 Å². The zero-order valence-electron chi connectivity index (χ0n) is 12.6. The number of ether oxygens (including phenoxy) is 2. The predicted molar refractivity (Wildman–Crippen MR) is 69.5 cm³/mol. The number of carbonyl (C=O) groups excluding carboxylic acids is 2. The lowest BCUT2D eigenvalue weighted by Gasteiger charge is -2.21. The third-order valence-corrected chi connectivity index (χ3v) is 2.18. The fraction of sp³-hybridized carbons (Fsp3) is 0.750. The minimum absolute atomic E-state index is 0.0958. The minimum atomic E-state index is -1.13. The van der Waals surface area contributed by atoms with Gasteiger partial charge in [0.15, 0.2) is 15.1 Å². The molecule has 0 saturated carbocycles. The Morgan fingerprint density at radius 3 is 1.25 bits per heavy atom. The molecule has 0 aromatic rings. The Labute approximate surface area is 133 Å². The molecule has 0 N–H and O–H groups in total. The molecule has 16 nitrogen and oxygen atoms in total. The Bertz CT molecular complexity index is 474. The standard InChI is InChI=1S/C8H14N6O10/c1-7(15)23-5-10(13(19)20)3-9(12(17)18)4-11(14(21)22)6-24-8(2)16/h3-6H2,1-2H3. The molecule has 0 aliphatic carbocycles. The van der Waals surface area contributed by atoms with E-state index in [4.69, 9.17) is 0 Å². The Hall–Kier alpha value is -3.46. The summed E-state index contributed by atoms with van der Waals surface area (Å²) in [5, 5.41) is 29.6. The van der Waals surface area contributed by atoms with Crippen molar-refractivity contribution < 1.29 is 34.2 Å². The van der Waals surface area contributed by atoms with Gasteiger partial charge in [-0.1, -0.05) is 15.0 Å². The summed E-state index contributed by atoms with van der Waals surface area (Å²) in [5.41, 5.74) is 0. The van der Waals surface area contributed by atoms with E-state index in [0.29, 0.717) is 0 Å². The van der Waals surface area contributed by atoms with Gasteiger partial charge in [0, 0.05) is 13.8 Å². The highest BCUT2D eigenvalue weighted by Gasteiger charge is 2.31. The Kier molecular flexibility index (Phi) is 8.16. The molecule has 0 bridgehead atoms.